The van der Waals surface area contributed by atoms with Crippen molar-refractivity contribution in [2.75, 3.05) is 26.3 Å². The fourth-order valence-corrected chi connectivity index (χ4v) is 2.08. The number of hydrogen-bond donors (Lipinski definition) is 0. The van der Waals surface area contributed by atoms with Crippen molar-refractivity contribution in [3.05, 3.63) is 0 Å². The van der Waals surface area contributed by atoms with Crippen LogP contribution < -0.4 is 0 Å². The predicted octanol–water partition coefficient (Wildman–Crippen LogP) is 1.32. The van der Waals surface area contributed by atoms with Gasteiger partial charge in [-0.25, -0.2) is 4.31 Å². The molecule has 1 saturated heterocycles. The summed E-state index contributed by atoms with van der Waals surface area (Å²) in [5.41, 5.74) is 0. The van der Waals surface area contributed by atoms with E-state index in [1.165, 1.54) is 0 Å². The second-order valence-electron chi connectivity index (χ2n) is 1.61. The number of rotatable bonds is 1. The zero-order valence-corrected chi connectivity index (χ0v) is 7.44. The van der Waals surface area contributed by atoms with Gasteiger partial charge in [0.2, 0.25) is 0 Å². The third-order valence-electron chi connectivity index (χ3n) is 1.07. The first kappa shape index (κ1) is 7.11. The summed E-state index contributed by atoms with van der Waals surface area (Å²) in [5, 5.41) is 0. The minimum Gasteiger partial charge on any atom is -0.379 e. The van der Waals surface area contributed by atoms with E-state index in [1.54, 1.807) is 9.12 Å². The van der Waals surface area contributed by atoms with Gasteiger partial charge in [-0.1, -0.05) is 0 Å². The van der Waals surface area contributed by atoms with E-state index in [0.29, 0.717) is 0 Å². The van der Waals surface area contributed by atoms with Crippen LogP contribution in [-0.2, 0) is 4.74 Å². The lowest BCUT2D eigenvalue weighted by atomic mass is 10.5. The molecule has 48 valence electrons. The zero-order chi connectivity index (χ0) is 5.82. The molecular weight excluding hydrogens is 237 g/mol. The monoisotopic (exact) mass is 245 g/mol. The maximum atomic E-state index is 5.14. The highest BCUT2D eigenvalue weighted by atomic mass is 127. The lowest BCUT2D eigenvalue weighted by molar-refractivity contribution is 0.0780. The van der Waals surface area contributed by atoms with Gasteiger partial charge < -0.3 is 4.74 Å². The molecule has 0 unspecified atom stereocenters. The van der Waals surface area contributed by atoms with Gasteiger partial charge in [-0.05, 0) is 9.12 Å². The predicted molar refractivity (Wildman–Crippen MR) is 44.0 cm³/mol. The number of hydrogen-bond acceptors (Lipinski definition) is 3. The van der Waals surface area contributed by atoms with Crippen molar-refractivity contribution in [3.8, 4) is 0 Å². The first-order chi connectivity index (χ1) is 3.93. The Morgan fingerprint density at radius 3 is 2.38 bits per heavy atom. The van der Waals surface area contributed by atoms with Crippen LogP contribution in [0.2, 0.25) is 0 Å². The summed E-state index contributed by atoms with van der Waals surface area (Å²) >= 11 is 2.29. The normalized spacial score (nSPS) is 23.6. The molecule has 0 aromatic carbocycles. The SMILES string of the molecule is ISN1CCOCC1. The van der Waals surface area contributed by atoms with Crippen LogP contribution in [0.1, 0.15) is 0 Å². The van der Waals surface area contributed by atoms with Crippen molar-refractivity contribution < 1.29 is 4.74 Å². The van der Waals surface area contributed by atoms with Crippen molar-refractivity contribution in [1.29, 1.82) is 0 Å². The third-order valence-corrected chi connectivity index (χ3v) is 3.30. The highest BCUT2D eigenvalue weighted by Gasteiger charge is 2.07. The molecule has 1 aliphatic heterocycles. The molecule has 1 heterocycles. The molecule has 0 saturated carbocycles. The van der Waals surface area contributed by atoms with Crippen LogP contribution in [0.5, 0.6) is 0 Å². The van der Waals surface area contributed by atoms with Crippen molar-refractivity contribution in [3.63, 3.8) is 0 Å². The van der Waals surface area contributed by atoms with Crippen LogP contribution >= 0.6 is 30.3 Å². The molecule has 4 heteroatoms. The molecule has 0 aromatic heterocycles. The van der Waals surface area contributed by atoms with Crippen LogP contribution in [0.4, 0.5) is 0 Å². The molecule has 0 spiro atoms. The second kappa shape index (κ2) is 3.92. The van der Waals surface area contributed by atoms with Gasteiger partial charge in [-0.3, -0.25) is 0 Å². The molecule has 1 aliphatic rings. The van der Waals surface area contributed by atoms with E-state index in [1.807, 2.05) is 0 Å². The Morgan fingerprint density at radius 1 is 1.38 bits per heavy atom. The number of ether oxygens (including phenoxy) is 1. The maximum Gasteiger partial charge on any atom is 0.0603 e. The molecule has 2 nitrogen and oxygen atoms in total. The van der Waals surface area contributed by atoms with E-state index >= 15 is 0 Å². The Morgan fingerprint density at radius 2 is 2.00 bits per heavy atom. The first-order valence-corrected chi connectivity index (χ1v) is 5.86. The molecule has 0 radical (unpaired) electrons. The van der Waals surface area contributed by atoms with E-state index in [2.05, 4.69) is 25.5 Å². The lowest BCUT2D eigenvalue weighted by Crippen LogP contribution is -2.29. The van der Waals surface area contributed by atoms with E-state index in [0.717, 1.165) is 26.3 Å². The van der Waals surface area contributed by atoms with E-state index < -0.39 is 0 Å². The van der Waals surface area contributed by atoms with Gasteiger partial charge in [-0.15, -0.1) is 0 Å². The molecule has 0 aromatic rings. The summed E-state index contributed by atoms with van der Waals surface area (Å²) < 4.78 is 7.44. The summed E-state index contributed by atoms with van der Waals surface area (Å²) in [4.78, 5) is 0. The smallest absolute Gasteiger partial charge is 0.0603 e. The standard InChI is InChI=1S/C4H8INOS/c5-8-6-1-3-7-4-2-6/h1-4H2. The molecule has 0 amide bonds. The number of nitrogens with zero attached hydrogens (tertiary/aromatic N) is 1. The minimum absolute atomic E-state index is 0.899. The Hall–Kier alpha value is 1.00. The fourth-order valence-electron chi connectivity index (χ4n) is 0.616. The third kappa shape index (κ3) is 2.08. The van der Waals surface area contributed by atoms with Gasteiger partial charge >= 0.3 is 0 Å². The molecule has 1 fully saturated rings. The molecule has 0 N–H and O–H groups in total. The van der Waals surface area contributed by atoms with Gasteiger partial charge in [0, 0.05) is 34.3 Å². The van der Waals surface area contributed by atoms with Gasteiger partial charge in [0.1, 0.15) is 0 Å². The van der Waals surface area contributed by atoms with Crippen LogP contribution in [0.15, 0.2) is 0 Å². The van der Waals surface area contributed by atoms with Crippen LogP contribution in [-0.4, -0.2) is 30.6 Å². The zero-order valence-electron chi connectivity index (χ0n) is 4.47. The van der Waals surface area contributed by atoms with Crippen molar-refractivity contribution in [1.82, 2.24) is 4.31 Å². The average molecular weight is 245 g/mol. The van der Waals surface area contributed by atoms with Crippen LogP contribution in [0, 0.1) is 0 Å². The number of morpholine rings is 1. The maximum absolute atomic E-state index is 5.14. The van der Waals surface area contributed by atoms with E-state index in [-0.39, 0.29) is 0 Å². The van der Waals surface area contributed by atoms with Gasteiger partial charge in [0.15, 0.2) is 0 Å². The Kier molecular flexibility index (Phi) is 3.48. The average Bonchev–Trinajstić information content (AvgIpc) is 1.90. The van der Waals surface area contributed by atoms with Crippen molar-refractivity contribution in [2.24, 2.45) is 0 Å². The number of halogens is 1. The van der Waals surface area contributed by atoms with Crippen LogP contribution in [0.3, 0.4) is 0 Å². The summed E-state index contributed by atoms with van der Waals surface area (Å²) in [6.45, 7) is 3.95. The minimum atomic E-state index is 0.899. The molecule has 0 bridgehead atoms. The van der Waals surface area contributed by atoms with E-state index in [9.17, 15) is 0 Å². The summed E-state index contributed by atoms with van der Waals surface area (Å²) in [6.07, 6.45) is 0. The van der Waals surface area contributed by atoms with Gasteiger partial charge in [0.05, 0.1) is 13.2 Å². The molecule has 8 heavy (non-hydrogen) atoms. The van der Waals surface area contributed by atoms with E-state index in [4.69, 9.17) is 4.74 Å². The van der Waals surface area contributed by atoms with Crippen molar-refractivity contribution in [2.45, 2.75) is 0 Å². The van der Waals surface area contributed by atoms with Gasteiger partial charge in [0.25, 0.3) is 0 Å². The topological polar surface area (TPSA) is 12.5 Å². The first-order valence-electron chi connectivity index (χ1n) is 2.55. The van der Waals surface area contributed by atoms with Crippen LogP contribution in [0.25, 0.3) is 0 Å². The fraction of sp³-hybridized carbons (Fsp3) is 1.00. The Bertz CT molecular complexity index is 67.1. The highest BCUT2D eigenvalue weighted by molar-refractivity contribution is 14.2. The molecule has 1 rings (SSSR count). The van der Waals surface area contributed by atoms with Gasteiger partial charge in [-0.2, -0.15) is 0 Å². The Labute approximate surface area is 65.7 Å². The molecule has 0 atom stereocenters. The molecule has 0 aliphatic carbocycles. The lowest BCUT2D eigenvalue weighted by Gasteiger charge is -2.22. The summed E-state index contributed by atoms with van der Waals surface area (Å²) in [6, 6.07) is 0. The quantitative estimate of drug-likeness (QED) is 0.510. The summed E-state index contributed by atoms with van der Waals surface area (Å²) in [5.74, 6) is 0. The molecular formula is C4H8INOS. The highest BCUT2D eigenvalue weighted by Crippen LogP contribution is 2.18. The second-order valence-corrected chi connectivity index (χ2v) is 3.45. The summed E-state index contributed by atoms with van der Waals surface area (Å²) in [7, 11) is 1.77. The van der Waals surface area contributed by atoms with Crippen molar-refractivity contribution >= 4 is 30.3 Å². The largest absolute Gasteiger partial charge is 0.379 e. The Balaban J connectivity index is 2.13.